The molecule has 1 amide bonds. The van der Waals surface area contributed by atoms with E-state index in [9.17, 15) is 19.1 Å². The van der Waals surface area contributed by atoms with Crippen molar-refractivity contribution in [3.8, 4) is 5.75 Å². The Labute approximate surface area is 173 Å². The van der Waals surface area contributed by atoms with E-state index in [0.29, 0.717) is 10.9 Å². The fourth-order valence-corrected chi connectivity index (χ4v) is 3.21. The third-order valence-electron chi connectivity index (χ3n) is 4.79. The van der Waals surface area contributed by atoms with E-state index in [1.807, 2.05) is 20.8 Å². The standard InChI is InChI=1S/C22H24FN3O4/c1-22(2,3)19(21(29)30-4)24-20(28)17-15-6-5-7-16(27)18(15)26(25-17)12-13-8-10-14(23)11-9-13/h5-11,19,27H,12H2,1-4H3,(H,24,28)/t19-/m1/s1. The van der Waals surface area contributed by atoms with Gasteiger partial charge in [-0.25, -0.2) is 9.18 Å². The number of fused-ring (bicyclic) bond motifs is 1. The molecule has 0 spiro atoms. The number of halogens is 1. The summed E-state index contributed by atoms with van der Waals surface area (Å²) >= 11 is 0. The number of rotatable bonds is 5. The first kappa shape index (κ1) is 21.3. The Kier molecular flexibility index (Phi) is 5.78. The van der Waals surface area contributed by atoms with Gasteiger partial charge in [-0.1, -0.05) is 45.0 Å². The molecule has 0 aliphatic heterocycles. The van der Waals surface area contributed by atoms with Crippen molar-refractivity contribution in [1.82, 2.24) is 15.1 Å². The fourth-order valence-electron chi connectivity index (χ4n) is 3.21. The van der Waals surface area contributed by atoms with Gasteiger partial charge >= 0.3 is 5.97 Å². The van der Waals surface area contributed by atoms with E-state index < -0.39 is 23.3 Å². The van der Waals surface area contributed by atoms with Crippen LogP contribution in [0.4, 0.5) is 4.39 Å². The van der Waals surface area contributed by atoms with Crippen LogP contribution in [0.15, 0.2) is 42.5 Å². The first-order valence-electron chi connectivity index (χ1n) is 9.43. The van der Waals surface area contributed by atoms with Crippen molar-refractivity contribution in [1.29, 1.82) is 0 Å². The molecule has 2 N–H and O–H groups in total. The Morgan fingerprint density at radius 3 is 2.47 bits per heavy atom. The van der Waals surface area contributed by atoms with E-state index in [-0.39, 0.29) is 23.8 Å². The summed E-state index contributed by atoms with van der Waals surface area (Å²) in [6.07, 6.45) is 0. The highest BCUT2D eigenvalue weighted by molar-refractivity contribution is 6.07. The van der Waals surface area contributed by atoms with E-state index in [1.54, 1.807) is 24.3 Å². The summed E-state index contributed by atoms with van der Waals surface area (Å²) in [6.45, 7) is 5.66. The van der Waals surface area contributed by atoms with Crippen molar-refractivity contribution < 1.29 is 23.8 Å². The Morgan fingerprint density at radius 1 is 1.20 bits per heavy atom. The normalized spacial score (nSPS) is 12.6. The minimum Gasteiger partial charge on any atom is -0.506 e. The zero-order chi connectivity index (χ0) is 22.1. The van der Waals surface area contributed by atoms with Crippen LogP contribution in [0.3, 0.4) is 0 Å². The molecule has 158 valence electrons. The summed E-state index contributed by atoms with van der Waals surface area (Å²) < 4.78 is 19.5. The number of ether oxygens (including phenoxy) is 1. The molecular weight excluding hydrogens is 389 g/mol. The van der Waals surface area contributed by atoms with Crippen LogP contribution < -0.4 is 5.32 Å². The number of benzene rings is 2. The molecule has 0 fully saturated rings. The zero-order valence-electron chi connectivity index (χ0n) is 17.3. The molecule has 0 saturated heterocycles. The summed E-state index contributed by atoms with van der Waals surface area (Å²) in [4.78, 5) is 25.2. The Balaban J connectivity index is 2.01. The maximum Gasteiger partial charge on any atom is 0.328 e. The molecule has 2 aromatic carbocycles. The van der Waals surface area contributed by atoms with Gasteiger partial charge in [-0.05, 0) is 29.2 Å². The molecule has 7 nitrogen and oxygen atoms in total. The monoisotopic (exact) mass is 413 g/mol. The zero-order valence-corrected chi connectivity index (χ0v) is 17.3. The average molecular weight is 413 g/mol. The van der Waals surface area contributed by atoms with Gasteiger partial charge in [0.2, 0.25) is 0 Å². The van der Waals surface area contributed by atoms with Crippen molar-refractivity contribution >= 4 is 22.8 Å². The number of carbonyl (C=O) groups is 2. The summed E-state index contributed by atoms with van der Waals surface area (Å²) in [7, 11) is 1.26. The lowest BCUT2D eigenvalue weighted by atomic mass is 9.86. The molecule has 8 heteroatoms. The molecule has 0 radical (unpaired) electrons. The van der Waals surface area contributed by atoms with Crippen LogP contribution in [0.5, 0.6) is 5.75 Å². The van der Waals surface area contributed by atoms with E-state index in [0.717, 1.165) is 5.56 Å². The predicted molar refractivity (Wildman–Crippen MR) is 110 cm³/mol. The van der Waals surface area contributed by atoms with Gasteiger partial charge in [0.05, 0.1) is 13.7 Å². The fraction of sp³-hybridized carbons (Fsp3) is 0.318. The van der Waals surface area contributed by atoms with Crippen molar-refractivity contribution in [3.05, 3.63) is 59.5 Å². The highest BCUT2D eigenvalue weighted by Gasteiger charge is 2.35. The maximum absolute atomic E-state index is 13.2. The summed E-state index contributed by atoms with van der Waals surface area (Å²) in [6, 6.07) is 9.77. The Hall–Kier alpha value is -3.42. The predicted octanol–water partition coefficient (Wildman–Crippen LogP) is 3.25. The molecule has 1 atom stereocenters. The van der Waals surface area contributed by atoms with Crippen LogP contribution in [0.25, 0.3) is 10.9 Å². The van der Waals surface area contributed by atoms with Gasteiger partial charge in [-0.2, -0.15) is 5.10 Å². The van der Waals surface area contributed by atoms with Crippen molar-refractivity contribution in [2.24, 2.45) is 5.41 Å². The number of nitrogens with one attached hydrogen (secondary N) is 1. The van der Waals surface area contributed by atoms with E-state index >= 15 is 0 Å². The molecule has 0 unspecified atom stereocenters. The number of phenols is 1. The maximum atomic E-state index is 13.2. The lowest BCUT2D eigenvalue weighted by molar-refractivity contribution is -0.145. The molecule has 3 rings (SSSR count). The number of esters is 1. The van der Waals surface area contributed by atoms with E-state index in [4.69, 9.17) is 4.74 Å². The SMILES string of the molecule is COC(=O)[C@@H](NC(=O)c1nn(Cc2ccc(F)cc2)c2c(O)cccc12)C(C)(C)C. The molecule has 1 aromatic heterocycles. The quantitative estimate of drug-likeness (QED) is 0.627. The minimum absolute atomic E-state index is 0.0403. The Bertz CT molecular complexity index is 1080. The molecule has 0 bridgehead atoms. The highest BCUT2D eigenvalue weighted by atomic mass is 19.1. The van der Waals surface area contributed by atoms with Crippen molar-refractivity contribution in [2.75, 3.05) is 7.11 Å². The first-order valence-corrected chi connectivity index (χ1v) is 9.43. The second-order valence-corrected chi connectivity index (χ2v) is 8.10. The highest BCUT2D eigenvalue weighted by Crippen LogP contribution is 2.28. The lowest BCUT2D eigenvalue weighted by Gasteiger charge is -2.28. The number of phenolic OH excluding ortho intramolecular Hbond substituents is 1. The van der Waals surface area contributed by atoms with Crippen LogP contribution in [0.1, 0.15) is 36.8 Å². The third-order valence-corrected chi connectivity index (χ3v) is 4.79. The van der Waals surface area contributed by atoms with Crippen LogP contribution in [-0.2, 0) is 16.1 Å². The molecule has 30 heavy (non-hydrogen) atoms. The van der Waals surface area contributed by atoms with E-state index in [1.165, 1.54) is 30.0 Å². The minimum atomic E-state index is -0.885. The molecular formula is C22H24FN3O4. The smallest absolute Gasteiger partial charge is 0.328 e. The number of nitrogens with zero attached hydrogens (tertiary/aromatic N) is 2. The third kappa shape index (κ3) is 4.27. The van der Waals surface area contributed by atoms with Crippen LogP contribution in [0.2, 0.25) is 0 Å². The van der Waals surface area contributed by atoms with Gasteiger partial charge in [-0.3, -0.25) is 9.48 Å². The van der Waals surface area contributed by atoms with Crippen molar-refractivity contribution in [3.63, 3.8) is 0 Å². The number of hydrogen-bond donors (Lipinski definition) is 2. The van der Waals surface area contributed by atoms with Crippen molar-refractivity contribution in [2.45, 2.75) is 33.4 Å². The van der Waals surface area contributed by atoms with Gasteiger partial charge in [-0.15, -0.1) is 0 Å². The number of aromatic hydroxyl groups is 1. The summed E-state index contributed by atoms with van der Waals surface area (Å²) in [5.74, 6) is -1.52. The van der Waals surface area contributed by atoms with Gasteiger partial charge in [0.1, 0.15) is 23.1 Å². The van der Waals surface area contributed by atoms with Gasteiger partial charge in [0.15, 0.2) is 5.69 Å². The number of hydrogen-bond acceptors (Lipinski definition) is 5. The molecule has 3 aromatic rings. The largest absolute Gasteiger partial charge is 0.506 e. The number of aromatic nitrogens is 2. The summed E-state index contributed by atoms with van der Waals surface area (Å²) in [5, 5.41) is 17.9. The van der Waals surface area contributed by atoms with Crippen LogP contribution in [0, 0.1) is 11.2 Å². The second-order valence-electron chi connectivity index (χ2n) is 8.10. The molecule has 0 aliphatic rings. The van der Waals surface area contributed by atoms with Gasteiger partial charge < -0.3 is 15.2 Å². The average Bonchev–Trinajstić information content (AvgIpc) is 3.06. The van der Waals surface area contributed by atoms with Crippen LogP contribution in [-0.4, -0.2) is 39.9 Å². The van der Waals surface area contributed by atoms with E-state index in [2.05, 4.69) is 10.4 Å². The Morgan fingerprint density at radius 2 is 1.87 bits per heavy atom. The molecule has 0 saturated carbocycles. The van der Waals surface area contributed by atoms with Gasteiger partial charge in [0.25, 0.3) is 5.91 Å². The summed E-state index contributed by atoms with van der Waals surface area (Å²) in [5.41, 5.74) is 0.605. The number of carbonyl (C=O) groups excluding carboxylic acids is 2. The lowest BCUT2D eigenvalue weighted by Crippen LogP contribution is -2.49. The first-order chi connectivity index (χ1) is 14.1. The van der Waals surface area contributed by atoms with Gasteiger partial charge in [0, 0.05) is 5.39 Å². The topological polar surface area (TPSA) is 93.5 Å². The molecule has 1 heterocycles. The number of para-hydroxylation sites is 1. The number of amides is 1. The molecule has 0 aliphatic carbocycles. The van der Waals surface area contributed by atoms with Crippen LogP contribution >= 0.6 is 0 Å². The number of methoxy groups -OCH3 is 1. The second kappa shape index (κ2) is 8.14.